The molecule has 0 aliphatic rings. The molecule has 0 bridgehead atoms. The van der Waals surface area contributed by atoms with Crippen LogP contribution in [0, 0.1) is 28.4 Å². The maximum atomic E-state index is 13.3. The summed E-state index contributed by atoms with van der Waals surface area (Å²) < 4.78 is 26.1. The van der Waals surface area contributed by atoms with Crippen LogP contribution in [0.25, 0.3) is 0 Å². The molecule has 1 rings (SSSR count). The van der Waals surface area contributed by atoms with E-state index in [0.29, 0.717) is 25.1 Å². The van der Waals surface area contributed by atoms with E-state index in [1.54, 1.807) is 0 Å². The van der Waals surface area contributed by atoms with Crippen LogP contribution in [0.2, 0.25) is 0 Å². The summed E-state index contributed by atoms with van der Waals surface area (Å²) in [4.78, 5) is 0. The predicted molar refractivity (Wildman–Crippen MR) is 62.3 cm³/mol. The van der Waals surface area contributed by atoms with Gasteiger partial charge in [-0.15, -0.1) is 0 Å². The third kappa shape index (κ3) is 4.49. The van der Waals surface area contributed by atoms with Crippen LogP contribution >= 0.6 is 0 Å². The minimum absolute atomic E-state index is 0.354. The van der Waals surface area contributed by atoms with Crippen molar-refractivity contribution >= 4 is 0 Å². The number of nitrogens with zero attached hydrogens (tertiary/aromatic N) is 1. The molecule has 17 heavy (non-hydrogen) atoms. The number of hydrogen-bond donors (Lipinski definition) is 1. The van der Waals surface area contributed by atoms with Crippen LogP contribution in [0.15, 0.2) is 18.2 Å². The SMILES string of the molecule is CC(C)(C#N)CNCCc1cc(F)ccc1F. The number of nitrogens with one attached hydrogen (secondary N) is 1. The van der Waals surface area contributed by atoms with Crippen molar-refractivity contribution in [1.82, 2.24) is 5.32 Å². The molecule has 0 aromatic heterocycles. The topological polar surface area (TPSA) is 35.8 Å². The zero-order valence-corrected chi connectivity index (χ0v) is 10.1. The quantitative estimate of drug-likeness (QED) is 0.800. The van der Waals surface area contributed by atoms with Gasteiger partial charge in [0.05, 0.1) is 11.5 Å². The number of nitriles is 1. The fourth-order valence-corrected chi connectivity index (χ4v) is 1.40. The van der Waals surface area contributed by atoms with Gasteiger partial charge in [-0.05, 0) is 50.6 Å². The second kappa shape index (κ2) is 5.74. The lowest BCUT2D eigenvalue weighted by molar-refractivity contribution is 0.446. The van der Waals surface area contributed by atoms with Crippen molar-refractivity contribution < 1.29 is 8.78 Å². The van der Waals surface area contributed by atoms with Crippen LogP contribution in [-0.4, -0.2) is 13.1 Å². The molecule has 0 saturated heterocycles. The highest BCUT2D eigenvalue weighted by atomic mass is 19.1. The largest absolute Gasteiger partial charge is 0.315 e. The van der Waals surface area contributed by atoms with Crippen LogP contribution < -0.4 is 5.32 Å². The molecular formula is C13H16F2N2. The van der Waals surface area contributed by atoms with Gasteiger partial charge in [0, 0.05) is 6.54 Å². The van der Waals surface area contributed by atoms with Crippen molar-refractivity contribution in [3.63, 3.8) is 0 Å². The molecule has 0 aliphatic heterocycles. The van der Waals surface area contributed by atoms with E-state index in [0.717, 1.165) is 12.1 Å². The monoisotopic (exact) mass is 238 g/mol. The van der Waals surface area contributed by atoms with Crippen molar-refractivity contribution in [2.75, 3.05) is 13.1 Å². The Bertz CT molecular complexity index is 422. The van der Waals surface area contributed by atoms with Crippen LogP contribution in [-0.2, 0) is 6.42 Å². The van der Waals surface area contributed by atoms with Gasteiger partial charge in [0.2, 0.25) is 0 Å². The first kappa shape index (κ1) is 13.6. The van der Waals surface area contributed by atoms with Crippen molar-refractivity contribution in [3.8, 4) is 6.07 Å². The van der Waals surface area contributed by atoms with E-state index < -0.39 is 17.0 Å². The first-order chi connectivity index (χ1) is 7.94. The van der Waals surface area contributed by atoms with E-state index >= 15 is 0 Å². The number of hydrogen-bond acceptors (Lipinski definition) is 2. The Morgan fingerprint density at radius 1 is 1.35 bits per heavy atom. The Morgan fingerprint density at radius 2 is 2.06 bits per heavy atom. The molecule has 0 aliphatic carbocycles. The summed E-state index contributed by atoms with van der Waals surface area (Å²) >= 11 is 0. The van der Waals surface area contributed by atoms with E-state index in [1.165, 1.54) is 6.07 Å². The van der Waals surface area contributed by atoms with Gasteiger partial charge in [-0.25, -0.2) is 8.78 Å². The lowest BCUT2D eigenvalue weighted by atomic mass is 9.96. The Hall–Kier alpha value is -1.47. The average molecular weight is 238 g/mol. The molecule has 0 amide bonds. The van der Waals surface area contributed by atoms with Crippen molar-refractivity contribution in [3.05, 3.63) is 35.4 Å². The Labute approximate surface area is 100 Å². The minimum Gasteiger partial charge on any atom is -0.315 e. The summed E-state index contributed by atoms with van der Waals surface area (Å²) in [6.45, 7) is 4.69. The van der Waals surface area contributed by atoms with Gasteiger partial charge in [-0.1, -0.05) is 0 Å². The number of halogens is 2. The molecule has 0 atom stereocenters. The molecule has 0 heterocycles. The molecule has 2 nitrogen and oxygen atoms in total. The summed E-state index contributed by atoms with van der Waals surface area (Å²) in [6.07, 6.45) is 0.408. The van der Waals surface area contributed by atoms with E-state index in [-0.39, 0.29) is 0 Å². The molecule has 92 valence electrons. The fourth-order valence-electron chi connectivity index (χ4n) is 1.40. The summed E-state index contributed by atoms with van der Waals surface area (Å²) in [7, 11) is 0. The Balaban J connectivity index is 2.42. The van der Waals surface area contributed by atoms with Crippen molar-refractivity contribution in [2.24, 2.45) is 5.41 Å². The summed E-state index contributed by atoms with van der Waals surface area (Å²) in [5, 5.41) is 11.9. The van der Waals surface area contributed by atoms with Crippen LogP contribution in [0.1, 0.15) is 19.4 Å². The molecule has 0 fully saturated rings. The number of benzene rings is 1. The van der Waals surface area contributed by atoms with Gasteiger partial charge in [0.15, 0.2) is 0 Å². The van der Waals surface area contributed by atoms with Crippen LogP contribution in [0.4, 0.5) is 8.78 Å². The van der Waals surface area contributed by atoms with Crippen molar-refractivity contribution in [1.29, 1.82) is 5.26 Å². The molecule has 1 N–H and O–H groups in total. The molecule has 0 spiro atoms. The van der Waals surface area contributed by atoms with Crippen molar-refractivity contribution in [2.45, 2.75) is 20.3 Å². The fraction of sp³-hybridized carbons (Fsp3) is 0.462. The lowest BCUT2D eigenvalue weighted by Gasteiger charge is -2.15. The zero-order chi connectivity index (χ0) is 12.9. The molecule has 1 aromatic rings. The van der Waals surface area contributed by atoms with Gasteiger partial charge in [0.1, 0.15) is 11.6 Å². The summed E-state index contributed by atoms with van der Waals surface area (Å²) in [5.74, 6) is -0.827. The third-order valence-electron chi connectivity index (χ3n) is 2.45. The molecule has 1 aromatic carbocycles. The first-order valence-electron chi connectivity index (χ1n) is 5.50. The van der Waals surface area contributed by atoms with Crippen LogP contribution in [0.5, 0.6) is 0 Å². The standard InChI is InChI=1S/C13H16F2N2/c1-13(2,8-16)9-17-6-5-10-7-11(14)3-4-12(10)15/h3-4,7,17H,5-6,9H2,1-2H3. The van der Waals surface area contributed by atoms with Gasteiger partial charge in [-0.2, -0.15) is 5.26 Å². The molecular weight excluding hydrogens is 222 g/mol. The lowest BCUT2D eigenvalue weighted by Crippen LogP contribution is -2.29. The summed E-state index contributed by atoms with van der Waals surface area (Å²) in [5.41, 5.74) is -0.0900. The van der Waals surface area contributed by atoms with E-state index in [9.17, 15) is 8.78 Å². The van der Waals surface area contributed by atoms with Gasteiger partial charge in [-0.3, -0.25) is 0 Å². The Morgan fingerprint density at radius 3 is 2.71 bits per heavy atom. The highest BCUT2D eigenvalue weighted by Crippen LogP contribution is 2.12. The molecule has 0 saturated carbocycles. The smallest absolute Gasteiger partial charge is 0.126 e. The second-order valence-electron chi connectivity index (χ2n) is 4.66. The Kier molecular flexibility index (Phi) is 4.59. The average Bonchev–Trinajstić information content (AvgIpc) is 2.29. The normalized spacial score (nSPS) is 11.2. The summed E-state index contributed by atoms with van der Waals surface area (Å²) in [6, 6.07) is 5.60. The zero-order valence-electron chi connectivity index (χ0n) is 10.1. The van der Waals surface area contributed by atoms with Crippen LogP contribution in [0.3, 0.4) is 0 Å². The highest BCUT2D eigenvalue weighted by molar-refractivity contribution is 5.19. The van der Waals surface area contributed by atoms with Gasteiger partial charge in [0.25, 0.3) is 0 Å². The van der Waals surface area contributed by atoms with E-state index in [1.807, 2.05) is 13.8 Å². The maximum Gasteiger partial charge on any atom is 0.126 e. The van der Waals surface area contributed by atoms with E-state index in [2.05, 4.69) is 11.4 Å². The molecule has 0 radical (unpaired) electrons. The molecule has 4 heteroatoms. The second-order valence-corrected chi connectivity index (χ2v) is 4.66. The first-order valence-corrected chi connectivity index (χ1v) is 5.50. The number of rotatable bonds is 5. The van der Waals surface area contributed by atoms with Gasteiger partial charge >= 0.3 is 0 Å². The predicted octanol–water partition coefficient (Wildman–Crippen LogP) is 2.65. The maximum absolute atomic E-state index is 13.3. The highest BCUT2D eigenvalue weighted by Gasteiger charge is 2.15. The van der Waals surface area contributed by atoms with Gasteiger partial charge < -0.3 is 5.32 Å². The third-order valence-corrected chi connectivity index (χ3v) is 2.45. The molecule has 0 unspecified atom stereocenters. The minimum atomic E-state index is -0.444. The van der Waals surface area contributed by atoms with E-state index in [4.69, 9.17) is 5.26 Å².